The quantitative estimate of drug-likeness (QED) is 0.791. The molecule has 0 bridgehead atoms. The maximum atomic E-state index is 12.6. The topological polar surface area (TPSA) is 69.7 Å². The summed E-state index contributed by atoms with van der Waals surface area (Å²) in [4.78, 5) is 40.2. The molecule has 1 saturated carbocycles. The van der Waals surface area contributed by atoms with Crippen molar-refractivity contribution in [3.05, 3.63) is 0 Å². The number of carbonyl (C=O) groups excluding carboxylic acids is 3. The average Bonchev–Trinajstić information content (AvgIpc) is 2.42. The predicted octanol–water partition coefficient (Wildman–Crippen LogP) is 1.11. The molecule has 6 heteroatoms. The summed E-state index contributed by atoms with van der Waals surface area (Å²) in [5.41, 5.74) is -0.949. The van der Waals surface area contributed by atoms with E-state index in [2.05, 4.69) is 17.1 Å². The Labute approximate surface area is 124 Å². The molecule has 3 aliphatic rings. The highest BCUT2D eigenvalue weighted by Gasteiger charge is 2.57. The maximum absolute atomic E-state index is 12.6. The molecular weight excluding hydrogens is 270 g/mol. The first-order valence-corrected chi connectivity index (χ1v) is 7.96. The molecule has 6 nitrogen and oxygen atoms in total. The van der Waals surface area contributed by atoms with Gasteiger partial charge in [0.1, 0.15) is 5.41 Å². The number of carbonyl (C=O) groups is 3. The number of hydrogen-bond donors (Lipinski definition) is 1. The smallest absolute Gasteiger partial charge is 0.299 e. The van der Waals surface area contributed by atoms with Gasteiger partial charge in [0, 0.05) is 12.6 Å². The molecule has 2 aliphatic heterocycles. The first-order chi connectivity index (χ1) is 10.0. The van der Waals surface area contributed by atoms with Crippen LogP contribution in [0.3, 0.4) is 0 Å². The highest BCUT2D eigenvalue weighted by atomic mass is 16.2. The Hall–Kier alpha value is -1.43. The molecule has 2 heterocycles. The van der Waals surface area contributed by atoms with Gasteiger partial charge in [0.05, 0.1) is 0 Å². The molecule has 0 aromatic rings. The Bertz CT molecular complexity index is 467. The zero-order valence-electron chi connectivity index (χ0n) is 12.6. The van der Waals surface area contributed by atoms with Crippen molar-refractivity contribution in [3.8, 4) is 0 Å². The zero-order valence-corrected chi connectivity index (χ0v) is 12.6. The number of nitrogens with one attached hydrogen (secondary N) is 1. The van der Waals surface area contributed by atoms with E-state index in [1.807, 2.05) is 0 Å². The van der Waals surface area contributed by atoms with Gasteiger partial charge < -0.3 is 0 Å². The van der Waals surface area contributed by atoms with Gasteiger partial charge in [-0.2, -0.15) is 0 Å². The zero-order chi connectivity index (χ0) is 15.0. The molecule has 4 amide bonds. The number of hydrogen-bond acceptors (Lipinski definition) is 4. The van der Waals surface area contributed by atoms with E-state index in [9.17, 15) is 14.4 Å². The Morgan fingerprint density at radius 2 is 1.76 bits per heavy atom. The normalized spacial score (nSPS) is 27.5. The Morgan fingerprint density at radius 3 is 2.33 bits per heavy atom. The van der Waals surface area contributed by atoms with Gasteiger partial charge in [0.15, 0.2) is 0 Å². The fourth-order valence-corrected chi connectivity index (χ4v) is 3.61. The number of urea groups is 1. The van der Waals surface area contributed by atoms with Gasteiger partial charge >= 0.3 is 6.03 Å². The monoisotopic (exact) mass is 293 g/mol. The van der Waals surface area contributed by atoms with Crippen LogP contribution in [0.4, 0.5) is 4.79 Å². The maximum Gasteiger partial charge on any atom is 0.330 e. The third-order valence-electron chi connectivity index (χ3n) is 5.22. The van der Waals surface area contributed by atoms with Crippen LogP contribution in [0, 0.1) is 5.41 Å². The Morgan fingerprint density at radius 1 is 1.10 bits per heavy atom. The minimum Gasteiger partial charge on any atom is -0.299 e. The molecule has 0 aromatic heterocycles. The lowest BCUT2D eigenvalue weighted by atomic mass is 9.66. The molecule has 0 aromatic carbocycles. The summed E-state index contributed by atoms with van der Waals surface area (Å²) in [6.07, 6.45) is 5.62. The summed E-state index contributed by atoms with van der Waals surface area (Å²) in [5.74, 6) is -0.683. The Balaban J connectivity index is 1.70. The van der Waals surface area contributed by atoms with Crippen molar-refractivity contribution in [2.45, 2.75) is 51.5 Å². The fraction of sp³-hybridized carbons (Fsp3) is 0.800. The van der Waals surface area contributed by atoms with Crippen LogP contribution in [-0.2, 0) is 9.59 Å². The fourth-order valence-electron chi connectivity index (χ4n) is 3.61. The largest absolute Gasteiger partial charge is 0.330 e. The summed E-state index contributed by atoms with van der Waals surface area (Å²) < 4.78 is 0. The number of rotatable bonds is 3. The molecule has 3 rings (SSSR count). The molecule has 1 unspecified atom stereocenters. The summed E-state index contributed by atoms with van der Waals surface area (Å²) in [5, 5.41) is 2.37. The van der Waals surface area contributed by atoms with Crippen LogP contribution in [0.5, 0.6) is 0 Å². The van der Waals surface area contributed by atoms with Crippen LogP contribution < -0.4 is 5.32 Å². The second-order valence-electron chi connectivity index (χ2n) is 6.56. The van der Waals surface area contributed by atoms with Gasteiger partial charge in [-0.05, 0) is 45.7 Å². The summed E-state index contributed by atoms with van der Waals surface area (Å²) in [6, 6.07) is -0.406. The highest BCUT2D eigenvalue weighted by Crippen LogP contribution is 2.44. The lowest BCUT2D eigenvalue weighted by Crippen LogP contribution is -2.67. The van der Waals surface area contributed by atoms with Crippen LogP contribution in [0.1, 0.15) is 45.4 Å². The van der Waals surface area contributed by atoms with Crippen molar-refractivity contribution in [3.63, 3.8) is 0 Å². The molecule has 21 heavy (non-hydrogen) atoms. The number of imide groups is 2. The standard InChI is InChI=1S/C15H23N3O3/c1-11(17-8-3-2-4-9-17)10-18-13(20)15(6-5-7-15)12(19)16-14(18)21/h11H,2-10H2,1H3,(H,16,19,21). The van der Waals surface area contributed by atoms with E-state index in [1.54, 1.807) is 0 Å². The molecule has 3 fully saturated rings. The van der Waals surface area contributed by atoms with Gasteiger partial charge in [-0.15, -0.1) is 0 Å². The molecule has 1 atom stereocenters. The van der Waals surface area contributed by atoms with Gasteiger partial charge in [0.25, 0.3) is 0 Å². The number of likely N-dealkylation sites (tertiary alicyclic amines) is 1. The van der Waals surface area contributed by atoms with E-state index in [-0.39, 0.29) is 11.9 Å². The highest BCUT2D eigenvalue weighted by molar-refractivity contribution is 6.19. The van der Waals surface area contributed by atoms with E-state index in [4.69, 9.17) is 0 Å². The third kappa shape index (κ3) is 2.35. The number of piperidine rings is 1. The van der Waals surface area contributed by atoms with Gasteiger partial charge in [-0.1, -0.05) is 12.8 Å². The molecule has 1 spiro atoms. The second kappa shape index (κ2) is 5.40. The molecular formula is C15H23N3O3. The van der Waals surface area contributed by atoms with Crippen LogP contribution in [0.25, 0.3) is 0 Å². The van der Waals surface area contributed by atoms with Crippen LogP contribution in [0.15, 0.2) is 0 Å². The molecule has 1 aliphatic carbocycles. The first kappa shape index (κ1) is 14.5. The van der Waals surface area contributed by atoms with Gasteiger partial charge in [-0.3, -0.25) is 24.7 Å². The lowest BCUT2D eigenvalue weighted by Gasteiger charge is -2.45. The first-order valence-electron chi connectivity index (χ1n) is 7.96. The Kier molecular flexibility index (Phi) is 3.73. The van der Waals surface area contributed by atoms with E-state index in [1.165, 1.54) is 24.2 Å². The predicted molar refractivity (Wildman–Crippen MR) is 76.4 cm³/mol. The van der Waals surface area contributed by atoms with Crippen LogP contribution in [0.2, 0.25) is 0 Å². The lowest BCUT2D eigenvalue weighted by molar-refractivity contribution is -0.158. The summed E-state index contributed by atoms with van der Waals surface area (Å²) >= 11 is 0. The molecule has 0 radical (unpaired) electrons. The second-order valence-corrected chi connectivity index (χ2v) is 6.56. The van der Waals surface area contributed by atoms with E-state index in [0.29, 0.717) is 19.4 Å². The van der Waals surface area contributed by atoms with Crippen molar-refractivity contribution in [2.75, 3.05) is 19.6 Å². The van der Waals surface area contributed by atoms with Crippen molar-refractivity contribution >= 4 is 17.8 Å². The van der Waals surface area contributed by atoms with Crippen molar-refractivity contribution in [2.24, 2.45) is 5.41 Å². The van der Waals surface area contributed by atoms with Crippen LogP contribution >= 0.6 is 0 Å². The number of amides is 4. The van der Waals surface area contributed by atoms with Gasteiger partial charge in [-0.25, -0.2) is 4.79 Å². The minimum atomic E-state index is -0.949. The third-order valence-corrected chi connectivity index (χ3v) is 5.22. The SMILES string of the molecule is CC(CN1C(=O)NC(=O)C2(CCC2)C1=O)N1CCCCC1. The van der Waals surface area contributed by atoms with Crippen molar-refractivity contribution < 1.29 is 14.4 Å². The van der Waals surface area contributed by atoms with Crippen LogP contribution in [-0.4, -0.2) is 53.3 Å². The molecule has 2 saturated heterocycles. The van der Waals surface area contributed by atoms with Crippen molar-refractivity contribution in [1.29, 1.82) is 0 Å². The van der Waals surface area contributed by atoms with Crippen molar-refractivity contribution in [1.82, 2.24) is 15.1 Å². The van der Waals surface area contributed by atoms with Gasteiger partial charge in [0.2, 0.25) is 11.8 Å². The number of barbiturate groups is 1. The number of nitrogens with zero attached hydrogens (tertiary/aromatic N) is 2. The average molecular weight is 293 g/mol. The minimum absolute atomic E-state index is 0.144. The summed E-state index contributed by atoms with van der Waals surface area (Å²) in [7, 11) is 0. The molecule has 116 valence electrons. The molecule has 1 N–H and O–H groups in total. The van der Waals surface area contributed by atoms with E-state index >= 15 is 0 Å². The van der Waals surface area contributed by atoms with E-state index in [0.717, 1.165) is 19.5 Å². The van der Waals surface area contributed by atoms with E-state index < -0.39 is 17.4 Å². The summed E-state index contributed by atoms with van der Waals surface area (Å²) in [6.45, 7) is 4.47.